The van der Waals surface area contributed by atoms with E-state index in [1.165, 1.54) is 0 Å². The number of carbonyl (C=O) groups excluding carboxylic acids is 2. The van der Waals surface area contributed by atoms with E-state index in [1.54, 1.807) is 27.7 Å². The number of ether oxygens (including phenoxy) is 1. The van der Waals surface area contributed by atoms with Gasteiger partial charge in [-0.05, 0) is 55.4 Å². The lowest BCUT2D eigenvalue weighted by atomic mass is 10.0. The minimum atomic E-state index is -2.82. The van der Waals surface area contributed by atoms with Crippen LogP contribution in [0.2, 0.25) is 5.04 Å². The number of rotatable bonds is 9. The molecule has 0 bridgehead atoms. The van der Waals surface area contributed by atoms with Crippen LogP contribution in [0.4, 0.5) is 4.79 Å². The molecular formula is C28H41NO4Si. The molecule has 186 valence electrons. The van der Waals surface area contributed by atoms with E-state index in [9.17, 15) is 9.59 Å². The zero-order valence-corrected chi connectivity index (χ0v) is 22.6. The Morgan fingerprint density at radius 2 is 1.44 bits per heavy atom. The molecule has 6 heteroatoms. The molecule has 0 spiro atoms. The van der Waals surface area contributed by atoms with E-state index in [2.05, 4.69) is 50.4 Å². The SMILES string of the molecule is [2H]C([2H])(CCO[Si](c1ccccc1)(c1ccccc1)C(C)(C)C)C(CC)C(=O)OC(=O)NC(C)(C)C. The first-order valence-electron chi connectivity index (χ1n) is 12.9. The summed E-state index contributed by atoms with van der Waals surface area (Å²) < 4.78 is 29.1. The van der Waals surface area contributed by atoms with Crippen LogP contribution in [0, 0.1) is 5.92 Å². The summed E-state index contributed by atoms with van der Waals surface area (Å²) in [5.41, 5.74) is -0.568. The first-order valence-corrected chi connectivity index (χ1v) is 13.8. The van der Waals surface area contributed by atoms with Gasteiger partial charge in [-0.3, -0.25) is 4.79 Å². The molecule has 0 fully saturated rings. The Balaban J connectivity index is 2.28. The molecule has 0 saturated carbocycles. The van der Waals surface area contributed by atoms with E-state index in [4.69, 9.17) is 11.9 Å². The number of esters is 1. The zero-order chi connectivity index (χ0) is 27.2. The number of benzene rings is 2. The maximum Gasteiger partial charge on any atom is 0.415 e. The lowest BCUT2D eigenvalue weighted by molar-refractivity contribution is -0.142. The standard InChI is InChI=1S/C28H41NO4Si/c1-8-22(25(30)33-26(31)29-27(2,3)4)16-15-21-32-34(28(5,6)7,23-17-11-9-12-18-23)24-19-13-10-14-20-24/h9-14,17-20,22H,8,15-16,21H2,1-7H3,(H,29,31)/i16D2. The van der Waals surface area contributed by atoms with Gasteiger partial charge in [0.1, 0.15) is 0 Å². The Labute approximate surface area is 209 Å². The van der Waals surface area contributed by atoms with Gasteiger partial charge in [0.05, 0.1) is 5.92 Å². The average Bonchev–Trinajstić information content (AvgIpc) is 2.76. The molecule has 34 heavy (non-hydrogen) atoms. The number of hydrogen-bond acceptors (Lipinski definition) is 4. The molecule has 0 saturated heterocycles. The molecule has 1 unspecified atom stereocenters. The van der Waals surface area contributed by atoms with Crippen LogP contribution in [0.25, 0.3) is 0 Å². The van der Waals surface area contributed by atoms with Gasteiger partial charge in [0.2, 0.25) is 0 Å². The van der Waals surface area contributed by atoms with Crippen molar-refractivity contribution in [2.75, 3.05) is 6.61 Å². The summed E-state index contributed by atoms with van der Waals surface area (Å²) in [4.78, 5) is 24.8. The molecular weight excluding hydrogens is 442 g/mol. The second-order valence-electron chi connectivity index (χ2n) is 10.5. The lowest BCUT2D eigenvalue weighted by Crippen LogP contribution is -2.66. The molecule has 0 heterocycles. The van der Waals surface area contributed by atoms with Crippen molar-refractivity contribution in [2.24, 2.45) is 5.92 Å². The molecule has 1 N–H and O–H groups in total. The van der Waals surface area contributed by atoms with Gasteiger partial charge in [-0.1, -0.05) is 88.4 Å². The highest BCUT2D eigenvalue weighted by Crippen LogP contribution is 2.37. The molecule has 0 aliphatic carbocycles. The monoisotopic (exact) mass is 485 g/mol. The van der Waals surface area contributed by atoms with E-state index in [-0.39, 0.29) is 24.5 Å². The maximum atomic E-state index is 12.7. The second-order valence-corrected chi connectivity index (χ2v) is 14.8. The van der Waals surface area contributed by atoms with Crippen LogP contribution in [-0.2, 0) is 14.0 Å². The number of nitrogens with one attached hydrogen (secondary N) is 1. The summed E-state index contributed by atoms with van der Waals surface area (Å²) in [6, 6.07) is 20.3. The molecule has 0 aromatic heterocycles. The van der Waals surface area contributed by atoms with Crippen molar-refractivity contribution in [3.63, 3.8) is 0 Å². The Bertz CT molecular complexity index is 962. The topological polar surface area (TPSA) is 64.6 Å². The summed E-state index contributed by atoms with van der Waals surface area (Å²) in [6.07, 6.45) is -2.59. The second kappa shape index (κ2) is 11.8. The molecule has 5 nitrogen and oxygen atoms in total. The third kappa shape index (κ3) is 7.28. The fraction of sp³-hybridized carbons (Fsp3) is 0.500. The quantitative estimate of drug-likeness (QED) is 0.293. The summed E-state index contributed by atoms with van der Waals surface area (Å²) in [6.45, 7) is 13.6. The van der Waals surface area contributed by atoms with Crippen LogP contribution in [0.5, 0.6) is 0 Å². The number of hydrogen-bond donors (Lipinski definition) is 1. The van der Waals surface area contributed by atoms with E-state index in [0.29, 0.717) is 0 Å². The summed E-state index contributed by atoms with van der Waals surface area (Å²) in [5.74, 6) is -1.96. The van der Waals surface area contributed by atoms with Gasteiger partial charge < -0.3 is 14.5 Å². The van der Waals surface area contributed by atoms with Crippen molar-refractivity contribution in [3.8, 4) is 0 Å². The predicted octanol–water partition coefficient (Wildman–Crippen LogP) is 5.42. The minimum Gasteiger partial charge on any atom is -0.407 e. The Morgan fingerprint density at radius 3 is 1.85 bits per heavy atom. The predicted molar refractivity (Wildman–Crippen MR) is 141 cm³/mol. The molecule has 2 aromatic carbocycles. The van der Waals surface area contributed by atoms with Gasteiger partial charge in [0, 0.05) is 14.9 Å². The largest absolute Gasteiger partial charge is 0.415 e. The molecule has 1 atom stereocenters. The van der Waals surface area contributed by atoms with Gasteiger partial charge in [-0.25, -0.2) is 4.79 Å². The van der Waals surface area contributed by atoms with Gasteiger partial charge in [-0.15, -0.1) is 0 Å². The minimum absolute atomic E-state index is 0.00794. The molecule has 0 aliphatic rings. The average molecular weight is 486 g/mol. The molecule has 0 radical (unpaired) electrons. The molecule has 1 amide bonds. The van der Waals surface area contributed by atoms with Gasteiger partial charge in [0.25, 0.3) is 8.32 Å². The van der Waals surface area contributed by atoms with Crippen LogP contribution < -0.4 is 15.7 Å². The van der Waals surface area contributed by atoms with E-state index in [1.807, 2.05) is 36.4 Å². The first-order chi connectivity index (χ1) is 16.6. The van der Waals surface area contributed by atoms with E-state index < -0.39 is 38.2 Å². The smallest absolute Gasteiger partial charge is 0.407 e. The third-order valence-electron chi connectivity index (χ3n) is 5.59. The Kier molecular flexibility index (Phi) is 8.57. The van der Waals surface area contributed by atoms with Crippen LogP contribution in [0.15, 0.2) is 60.7 Å². The van der Waals surface area contributed by atoms with Crippen LogP contribution in [0.3, 0.4) is 0 Å². The zero-order valence-electron chi connectivity index (χ0n) is 23.6. The summed E-state index contributed by atoms with van der Waals surface area (Å²) in [5, 5.41) is 4.55. The molecule has 2 rings (SSSR count). The van der Waals surface area contributed by atoms with Crippen molar-refractivity contribution in [1.82, 2.24) is 5.32 Å². The normalized spacial score (nSPS) is 14.6. The van der Waals surface area contributed by atoms with Crippen LogP contribution >= 0.6 is 0 Å². The first kappa shape index (κ1) is 24.7. The van der Waals surface area contributed by atoms with E-state index >= 15 is 0 Å². The van der Waals surface area contributed by atoms with Crippen molar-refractivity contribution in [3.05, 3.63) is 60.7 Å². The van der Waals surface area contributed by atoms with Crippen molar-refractivity contribution in [2.45, 2.75) is 78.3 Å². The van der Waals surface area contributed by atoms with Crippen molar-refractivity contribution < 1.29 is 21.5 Å². The molecule has 0 aliphatic heterocycles. The van der Waals surface area contributed by atoms with Crippen molar-refractivity contribution >= 4 is 30.8 Å². The van der Waals surface area contributed by atoms with Crippen LogP contribution in [-0.4, -0.2) is 32.5 Å². The highest BCUT2D eigenvalue weighted by Gasteiger charge is 2.50. The number of alkyl carbamates (subject to hydrolysis) is 1. The fourth-order valence-electron chi connectivity index (χ4n) is 4.09. The van der Waals surface area contributed by atoms with E-state index in [0.717, 1.165) is 10.4 Å². The van der Waals surface area contributed by atoms with Crippen LogP contribution in [0.1, 0.15) is 70.4 Å². The maximum absolute atomic E-state index is 12.7. The van der Waals surface area contributed by atoms with Gasteiger partial charge >= 0.3 is 12.1 Å². The Hall–Kier alpha value is -2.44. The third-order valence-corrected chi connectivity index (χ3v) is 10.6. The van der Waals surface area contributed by atoms with Gasteiger partial charge in [-0.2, -0.15) is 0 Å². The van der Waals surface area contributed by atoms with Crippen molar-refractivity contribution in [1.29, 1.82) is 0 Å². The number of amides is 1. The number of carbonyl (C=O) groups is 2. The Morgan fingerprint density at radius 1 is 0.941 bits per heavy atom. The highest BCUT2D eigenvalue weighted by atomic mass is 28.4. The fourth-order valence-corrected chi connectivity index (χ4v) is 8.65. The summed E-state index contributed by atoms with van der Waals surface area (Å²) in [7, 11) is -2.82. The lowest BCUT2D eigenvalue weighted by Gasteiger charge is -2.43. The highest BCUT2D eigenvalue weighted by molar-refractivity contribution is 6.99. The van der Waals surface area contributed by atoms with Gasteiger partial charge in [0.15, 0.2) is 0 Å². The summed E-state index contributed by atoms with van der Waals surface area (Å²) >= 11 is 0. The molecule has 2 aromatic rings.